The van der Waals surface area contributed by atoms with E-state index in [-0.39, 0.29) is 5.91 Å². The average Bonchev–Trinajstić information content (AvgIpc) is 3.16. The molecule has 0 radical (unpaired) electrons. The number of anilines is 1. The predicted octanol–water partition coefficient (Wildman–Crippen LogP) is 2.45. The minimum Gasteiger partial charge on any atom is -0.374 e. The number of aromatic nitrogens is 3. The highest BCUT2D eigenvalue weighted by Crippen LogP contribution is 2.10. The van der Waals surface area contributed by atoms with Gasteiger partial charge in [-0.05, 0) is 30.3 Å². The van der Waals surface area contributed by atoms with Gasteiger partial charge in [-0.2, -0.15) is 5.10 Å². The lowest BCUT2D eigenvalue weighted by Crippen LogP contribution is -2.30. The van der Waals surface area contributed by atoms with E-state index in [1.165, 1.54) is 0 Å². The highest BCUT2D eigenvalue weighted by Gasteiger charge is 2.06. The summed E-state index contributed by atoms with van der Waals surface area (Å²) < 4.78 is 1.85. The molecule has 0 atom stereocenters. The van der Waals surface area contributed by atoms with E-state index >= 15 is 0 Å². The first-order valence-corrected chi connectivity index (χ1v) is 8.70. The van der Waals surface area contributed by atoms with Crippen LogP contribution in [0.15, 0.2) is 67.1 Å². The minimum absolute atomic E-state index is 0.0494. The van der Waals surface area contributed by atoms with Crippen molar-refractivity contribution in [2.75, 3.05) is 25.0 Å². The summed E-state index contributed by atoms with van der Waals surface area (Å²) in [5.74, 6) is 0.0494. The summed E-state index contributed by atoms with van der Waals surface area (Å²) in [5, 5.41) is 7.50. The first-order valence-electron chi connectivity index (χ1n) is 8.70. The molecule has 134 valence electrons. The Bertz CT molecular complexity index is 816. The predicted molar refractivity (Wildman–Crippen MR) is 102 cm³/mol. The van der Waals surface area contributed by atoms with Crippen molar-refractivity contribution in [3.8, 4) is 5.69 Å². The topological polar surface area (TPSA) is 63.1 Å². The fourth-order valence-corrected chi connectivity index (χ4v) is 2.63. The average molecular weight is 349 g/mol. The molecule has 0 spiro atoms. The van der Waals surface area contributed by atoms with Gasteiger partial charge in [0.1, 0.15) is 0 Å². The molecule has 0 aliphatic rings. The van der Waals surface area contributed by atoms with Gasteiger partial charge in [0.05, 0.1) is 11.4 Å². The lowest BCUT2D eigenvalue weighted by atomic mass is 10.3. The number of carbonyl (C=O) groups excluding carboxylic acids is 1. The summed E-state index contributed by atoms with van der Waals surface area (Å²) in [5.41, 5.74) is 3.05. The molecule has 1 aromatic carbocycles. The van der Waals surface area contributed by atoms with Gasteiger partial charge in [-0.3, -0.25) is 9.78 Å². The van der Waals surface area contributed by atoms with Crippen molar-refractivity contribution in [2.24, 2.45) is 0 Å². The molecule has 26 heavy (non-hydrogen) atoms. The first kappa shape index (κ1) is 17.7. The molecule has 6 heteroatoms. The van der Waals surface area contributed by atoms with E-state index in [9.17, 15) is 4.79 Å². The Morgan fingerprint density at radius 3 is 2.65 bits per heavy atom. The molecule has 0 bridgehead atoms. The Hall–Kier alpha value is -3.15. The number of rotatable bonds is 8. The molecule has 1 amide bonds. The quantitative estimate of drug-likeness (QED) is 0.678. The molecule has 2 heterocycles. The Morgan fingerprint density at radius 1 is 1.12 bits per heavy atom. The molecular formula is C20H23N5O. The minimum atomic E-state index is 0.0494. The maximum absolute atomic E-state index is 12.0. The maximum atomic E-state index is 12.0. The Morgan fingerprint density at radius 2 is 1.88 bits per heavy atom. The standard InChI is InChI=1S/C20H23N5O/c1-24(18-8-12-21-13-9-18)15-11-20(26)22-14-7-17-10-16-25(23-17)19-5-3-2-4-6-19/h2-6,8-10,12-13,16H,7,11,14-15H2,1H3,(H,22,26). The van der Waals surface area contributed by atoms with E-state index in [1.54, 1.807) is 12.4 Å². The van der Waals surface area contributed by atoms with Crippen molar-refractivity contribution in [2.45, 2.75) is 12.8 Å². The molecule has 0 fully saturated rings. The van der Waals surface area contributed by atoms with Crippen LogP contribution >= 0.6 is 0 Å². The SMILES string of the molecule is CN(CCC(=O)NCCc1ccn(-c2ccccc2)n1)c1ccncc1. The third-order valence-electron chi connectivity index (χ3n) is 4.15. The van der Waals surface area contributed by atoms with Crippen LogP contribution in [-0.2, 0) is 11.2 Å². The molecule has 0 saturated carbocycles. The molecule has 3 rings (SSSR count). The summed E-state index contributed by atoms with van der Waals surface area (Å²) in [4.78, 5) is 18.1. The van der Waals surface area contributed by atoms with Crippen LogP contribution in [0.1, 0.15) is 12.1 Å². The largest absolute Gasteiger partial charge is 0.374 e. The molecule has 0 aliphatic carbocycles. The van der Waals surface area contributed by atoms with Crippen LogP contribution in [0.25, 0.3) is 5.69 Å². The van der Waals surface area contributed by atoms with Crippen LogP contribution < -0.4 is 10.2 Å². The number of hydrogen-bond acceptors (Lipinski definition) is 4. The lowest BCUT2D eigenvalue weighted by molar-refractivity contribution is -0.120. The van der Waals surface area contributed by atoms with E-state index < -0.39 is 0 Å². The number of para-hydroxylation sites is 1. The smallest absolute Gasteiger partial charge is 0.221 e. The van der Waals surface area contributed by atoms with Crippen LogP contribution in [0.4, 0.5) is 5.69 Å². The zero-order chi connectivity index (χ0) is 18.2. The number of amides is 1. The van der Waals surface area contributed by atoms with Gasteiger partial charge in [0.2, 0.25) is 5.91 Å². The van der Waals surface area contributed by atoms with Gasteiger partial charge in [0, 0.05) is 57.3 Å². The van der Waals surface area contributed by atoms with E-state index in [4.69, 9.17) is 0 Å². The second kappa shape index (κ2) is 8.80. The van der Waals surface area contributed by atoms with Gasteiger partial charge >= 0.3 is 0 Å². The van der Waals surface area contributed by atoms with Crippen LogP contribution in [-0.4, -0.2) is 40.8 Å². The lowest BCUT2D eigenvalue weighted by Gasteiger charge is -2.18. The summed E-state index contributed by atoms with van der Waals surface area (Å²) in [6.07, 6.45) is 6.61. The van der Waals surface area contributed by atoms with Crippen molar-refractivity contribution in [1.29, 1.82) is 0 Å². The van der Waals surface area contributed by atoms with Crippen LogP contribution in [0.5, 0.6) is 0 Å². The summed E-state index contributed by atoms with van der Waals surface area (Å²) in [7, 11) is 1.97. The van der Waals surface area contributed by atoms with E-state index in [0.717, 1.165) is 17.1 Å². The molecule has 3 aromatic rings. The molecule has 0 aliphatic heterocycles. The van der Waals surface area contributed by atoms with Crippen molar-refractivity contribution in [3.05, 3.63) is 72.8 Å². The Balaban J connectivity index is 1.39. The third-order valence-corrected chi connectivity index (χ3v) is 4.15. The fourth-order valence-electron chi connectivity index (χ4n) is 2.63. The zero-order valence-electron chi connectivity index (χ0n) is 14.9. The van der Waals surface area contributed by atoms with Gasteiger partial charge in [-0.1, -0.05) is 18.2 Å². The van der Waals surface area contributed by atoms with Crippen LogP contribution in [0, 0.1) is 0 Å². The fraction of sp³-hybridized carbons (Fsp3) is 0.250. The van der Waals surface area contributed by atoms with Crippen molar-refractivity contribution in [3.63, 3.8) is 0 Å². The Kier molecular flexibility index (Phi) is 5.98. The van der Waals surface area contributed by atoms with Gasteiger partial charge in [0.25, 0.3) is 0 Å². The number of hydrogen-bond donors (Lipinski definition) is 1. The molecule has 0 saturated heterocycles. The zero-order valence-corrected chi connectivity index (χ0v) is 14.9. The van der Waals surface area contributed by atoms with Crippen molar-refractivity contribution in [1.82, 2.24) is 20.1 Å². The van der Waals surface area contributed by atoms with Crippen LogP contribution in [0.3, 0.4) is 0 Å². The number of nitrogens with zero attached hydrogens (tertiary/aromatic N) is 4. The van der Waals surface area contributed by atoms with Crippen LogP contribution in [0.2, 0.25) is 0 Å². The summed E-state index contributed by atoms with van der Waals surface area (Å²) in [6.45, 7) is 1.25. The summed E-state index contributed by atoms with van der Waals surface area (Å²) >= 11 is 0. The van der Waals surface area contributed by atoms with Crippen molar-refractivity contribution >= 4 is 11.6 Å². The van der Waals surface area contributed by atoms with Crippen molar-refractivity contribution < 1.29 is 4.79 Å². The van der Waals surface area contributed by atoms with E-state index in [1.807, 2.05) is 71.4 Å². The molecule has 1 N–H and O–H groups in total. The highest BCUT2D eigenvalue weighted by molar-refractivity contribution is 5.76. The molecule has 0 unspecified atom stereocenters. The normalized spacial score (nSPS) is 10.5. The first-order chi connectivity index (χ1) is 12.7. The number of benzene rings is 1. The monoisotopic (exact) mass is 349 g/mol. The number of nitrogens with one attached hydrogen (secondary N) is 1. The van der Waals surface area contributed by atoms with E-state index in [0.29, 0.717) is 25.9 Å². The van der Waals surface area contributed by atoms with Gasteiger partial charge in [-0.15, -0.1) is 0 Å². The number of carbonyl (C=O) groups is 1. The van der Waals surface area contributed by atoms with Gasteiger partial charge < -0.3 is 10.2 Å². The molecule has 2 aromatic heterocycles. The van der Waals surface area contributed by atoms with Gasteiger partial charge in [-0.25, -0.2) is 4.68 Å². The second-order valence-electron chi connectivity index (χ2n) is 6.06. The van der Waals surface area contributed by atoms with Gasteiger partial charge in [0.15, 0.2) is 0 Å². The maximum Gasteiger partial charge on any atom is 0.221 e. The second-order valence-corrected chi connectivity index (χ2v) is 6.06. The Labute approximate surface area is 153 Å². The highest BCUT2D eigenvalue weighted by atomic mass is 16.1. The van der Waals surface area contributed by atoms with E-state index in [2.05, 4.69) is 15.4 Å². The molecular weight excluding hydrogens is 326 g/mol. The molecule has 6 nitrogen and oxygen atoms in total. The summed E-state index contributed by atoms with van der Waals surface area (Å²) in [6, 6.07) is 15.8. The third kappa shape index (κ3) is 4.92. The number of pyridine rings is 1.